The Morgan fingerprint density at radius 1 is 0.710 bits per heavy atom. The lowest BCUT2D eigenvalue weighted by atomic mass is 10.2. The molecule has 6 heteroatoms. The molecule has 0 aliphatic carbocycles. The fourth-order valence-corrected chi connectivity index (χ4v) is 12.0. The summed E-state index contributed by atoms with van der Waals surface area (Å²) in [6.07, 6.45) is 0.955. The maximum absolute atomic E-state index is 6.06. The molecule has 2 rings (SSSR count). The Hall–Kier alpha value is -1.29. The number of rotatable bonds is 13. The van der Waals surface area contributed by atoms with Crippen molar-refractivity contribution in [1.29, 1.82) is 0 Å². The van der Waals surface area contributed by atoms with Crippen molar-refractivity contribution in [1.82, 2.24) is 4.98 Å². The summed E-state index contributed by atoms with van der Waals surface area (Å²) in [7, 11) is -4.88. The zero-order valence-corrected chi connectivity index (χ0v) is 22.2. The van der Waals surface area contributed by atoms with Crippen molar-refractivity contribution in [2.75, 3.05) is 26.4 Å². The topological polar surface area (TPSA) is 39.7 Å². The highest BCUT2D eigenvalue weighted by atomic mass is 28.4. The van der Waals surface area contributed by atoms with Crippen molar-refractivity contribution in [3.8, 4) is 0 Å². The number of benzene rings is 2. The number of hydrogen-bond acceptors (Lipinski definition) is 4. The smallest absolute Gasteiger partial charge is 0.374 e. The van der Waals surface area contributed by atoms with Gasteiger partial charge in [-0.15, -0.1) is 0 Å². The predicted octanol–water partition coefficient (Wildman–Crippen LogP) is 4.57. The van der Waals surface area contributed by atoms with Gasteiger partial charge in [-0.05, 0) is 49.1 Å². The second-order valence-electron chi connectivity index (χ2n) is 8.74. The van der Waals surface area contributed by atoms with Gasteiger partial charge >= 0.3 is 8.80 Å². The highest BCUT2D eigenvalue weighted by Crippen LogP contribution is 2.34. The summed E-state index contributed by atoms with van der Waals surface area (Å²) < 4.78 is 18.2. The Bertz CT molecular complexity index is 694. The van der Waals surface area contributed by atoms with Gasteiger partial charge in [0.1, 0.15) is 0 Å². The van der Waals surface area contributed by atoms with E-state index in [1.165, 1.54) is 10.4 Å². The van der Waals surface area contributed by atoms with Crippen LogP contribution in [0.1, 0.15) is 48.0 Å². The Labute approximate surface area is 191 Å². The van der Waals surface area contributed by atoms with E-state index in [0.29, 0.717) is 19.8 Å². The molecule has 0 radical (unpaired) electrons. The predicted molar refractivity (Wildman–Crippen MR) is 136 cm³/mol. The average Bonchev–Trinajstić information content (AvgIpc) is 2.75. The molecule has 0 aliphatic heterocycles. The summed E-state index contributed by atoms with van der Waals surface area (Å²) >= 11 is 0. The second kappa shape index (κ2) is 12.1. The molecule has 4 nitrogen and oxygen atoms in total. The molecule has 2 aromatic rings. The monoisotopic (exact) mass is 459 g/mol. The van der Waals surface area contributed by atoms with Gasteiger partial charge in [0.05, 0.1) is 0 Å². The van der Waals surface area contributed by atoms with Crippen LogP contribution in [0.2, 0.25) is 11.1 Å². The van der Waals surface area contributed by atoms with Crippen LogP contribution in [-0.4, -0.2) is 43.4 Å². The van der Waals surface area contributed by atoms with Gasteiger partial charge in [0.15, 0.2) is 8.24 Å². The van der Waals surface area contributed by atoms with Crippen molar-refractivity contribution in [2.45, 2.75) is 59.0 Å². The summed E-state index contributed by atoms with van der Waals surface area (Å²) in [6.45, 7) is 15.9. The molecule has 0 saturated heterocycles. The molecular weight excluding hydrogens is 418 g/mol. The fourth-order valence-electron chi connectivity index (χ4n) is 4.46. The maximum Gasteiger partial charge on any atom is 0.500 e. The van der Waals surface area contributed by atoms with Gasteiger partial charge < -0.3 is 18.3 Å². The minimum atomic E-state index is -2.62. The van der Waals surface area contributed by atoms with Crippen LogP contribution in [-0.2, 0) is 13.3 Å². The molecule has 0 heterocycles. The van der Waals surface area contributed by atoms with E-state index in [4.69, 9.17) is 13.3 Å². The second-order valence-corrected chi connectivity index (χ2v) is 16.0. The van der Waals surface area contributed by atoms with Gasteiger partial charge in [-0.2, -0.15) is 0 Å². The quantitative estimate of drug-likeness (QED) is 0.352. The molecule has 31 heavy (non-hydrogen) atoms. The van der Waals surface area contributed by atoms with Crippen LogP contribution in [0.3, 0.4) is 0 Å². The lowest BCUT2D eigenvalue weighted by Crippen LogP contribution is -2.73. The molecule has 1 N–H and O–H groups in total. The minimum absolute atomic E-state index is 0.0873. The highest BCUT2D eigenvalue weighted by molar-refractivity contribution is 7.02. The molecule has 0 bridgehead atoms. The molecule has 0 fully saturated rings. The van der Waals surface area contributed by atoms with Gasteiger partial charge in [0, 0.05) is 25.9 Å². The third kappa shape index (κ3) is 6.37. The Kier molecular flexibility index (Phi) is 10.1. The van der Waals surface area contributed by atoms with Gasteiger partial charge in [-0.3, -0.25) is 0 Å². The van der Waals surface area contributed by atoms with E-state index in [1.54, 1.807) is 0 Å². The van der Waals surface area contributed by atoms with Gasteiger partial charge in [0.25, 0.3) is 0 Å². The first-order chi connectivity index (χ1) is 14.8. The van der Waals surface area contributed by atoms with E-state index in [2.05, 4.69) is 86.4 Å². The van der Waals surface area contributed by atoms with Crippen molar-refractivity contribution >= 4 is 27.4 Å². The largest absolute Gasteiger partial charge is 0.500 e. The molecule has 0 spiro atoms. The molecule has 0 aromatic heterocycles. The molecule has 0 amide bonds. The highest BCUT2D eigenvalue weighted by Gasteiger charge is 2.48. The Balaban J connectivity index is 2.31. The first-order valence-corrected chi connectivity index (χ1v) is 15.6. The number of hydrogen-bond donors (Lipinski definition) is 1. The molecule has 0 unspecified atom stereocenters. The lowest BCUT2D eigenvalue weighted by molar-refractivity contribution is 0.0709. The molecule has 0 aliphatic rings. The maximum atomic E-state index is 6.06. The normalized spacial score (nSPS) is 12.8. The summed E-state index contributed by atoms with van der Waals surface area (Å²) in [5, 5.41) is 2.91. The third-order valence-electron chi connectivity index (χ3n) is 5.68. The van der Waals surface area contributed by atoms with E-state index in [1.807, 2.05) is 20.8 Å². The van der Waals surface area contributed by atoms with E-state index in [9.17, 15) is 0 Å². The van der Waals surface area contributed by atoms with E-state index in [-0.39, 0.29) is 5.04 Å². The first kappa shape index (κ1) is 26.0. The van der Waals surface area contributed by atoms with Crippen LogP contribution < -0.4 is 15.4 Å². The van der Waals surface area contributed by atoms with Crippen molar-refractivity contribution in [2.24, 2.45) is 0 Å². The van der Waals surface area contributed by atoms with Crippen LogP contribution >= 0.6 is 0 Å². The van der Waals surface area contributed by atoms with Crippen LogP contribution in [0.25, 0.3) is 0 Å². The van der Waals surface area contributed by atoms with Crippen LogP contribution in [0.5, 0.6) is 0 Å². The first-order valence-electron chi connectivity index (χ1n) is 11.6. The van der Waals surface area contributed by atoms with Crippen molar-refractivity contribution < 1.29 is 13.3 Å². The Morgan fingerprint density at radius 3 is 1.48 bits per heavy atom. The van der Waals surface area contributed by atoms with Crippen molar-refractivity contribution in [3.63, 3.8) is 0 Å². The molecule has 172 valence electrons. The van der Waals surface area contributed by atoms with Crippen LogP contribution in [0.4, 0.5) is 0 Å². The average molecular weight is 460 g/mol. The Morgan fingerprint density at radius 2 is 1.13 bits per heavy atom. The van der Waals surface area contributed by atoms with Crippen LogP contribution in [0, 0.1) is 0 Å². The van der Waals surface area contributed by atoms with Crippen LogP contribution in [0.15, 0.2) is 60.7 Å². The van der Waals surface area contributed by atoms with Gasteiger partial charge in [-0.25, -0.2) is 0 Å². The summed E-state index contributed by atoms with van der Waals surface area (Å²) in [5.74, 6) is 0. The fraction of sp³-hybridized carbons (Fsp3) is 0.520. The van der Waals surface area contributed by atoms with E-state index < -0.39 is 17.0 Å². The van der Waals surface area contributed by atoms with E-state index in [0.717, 1.165) is 19.0 Å². The molecule has 2 aromatic carbocycles. The van der Waals surface area contributed by atoms with E-state index >= 15 is 0 Å². The van der Waals surface area contributed by atoms with Gasteiger partial charge in [-0.1, -0.05) is 81.4 Å². The van der Waals surface area contributed by atoms with Gasteiger partial charge in [0.2, 0.25) is 0 Å². The summed E-state index contributed by atoms with van der Waals surface area (Å²) in [4.78, 5) is 4.10. The SMILES string of the molecule is CCO[Si](CCCN[Si](c1ccccc1)(c1ccccc1)C(C)(C)C)(OCC)OCC. The summed E-state index contributed by atoms with van der Waals surface area (Å²) in [5.41, 5.74) is 0. The zero-order valence-electron chi connectivity index (χ0n) is 20.2. The van der Waals surface area contributed by atoms with Crippen molar-refractivity contribution in [3.05, 3.63) is 60.7 Å². The standard InChI is InChI=1S/C25H41NO3Si2/c1-7-27-30(28-8-2,29-9-3)22-16-21-26-31(25(4,5)6,23-17-12-10-13-18-23)24-19-14-11-15-20-24/h10-15,17-20,26H,7-9,16,21-22H2,1-6H3. The molecular formula is C25H41NO3Si2. The minimum Gasteiger partial charge on any atom is -0.374 e. The summed E-state index contributed by atoms with van der Waals surface area (Å²) in [6, 6.07) is 22.8. The third-order valence-corrected chi connectivity index (χ3v) is 14.3. The lowest BCUT2D eigenvalue weighted by Gasteiger charge is -2.44. The number of nitrogens with one attached hydrogen (secondary N) is 1. The molecule has 0 atom stereocenters. The molecule has 0 saturated carbocycles. The zero-order chi connectivity index (χ0) is 22.8.